The predicted molar refractivity (Wildman–Crippen MR) is 93.0 cm³/mol. The molecule has 2 fully saturated rings. The van der Waals surface area contributed by atoms with Gasteiger partial charge in [-0.05, 0) is 31.4 Å². The van der Waals surface area contributed by atoms with Crippen LogP contribution in [-0.4, -0.2) is 53.8 Å². The largest absolute Gasteiger partial charge is 0.374 e. The Morgan fingerprint density at radius 1 is 1.20 bits per heavy atom. The van der Waals surface area contributed by atoms with E-state index in [4.69, 9.17) is 10.5 Å². The Bertz CT molecular complexity index is 706. The van der Waals surface area contributed by atoms with Crippen molar-refractivity contribution in [3.05, 3.63) is 30.3 Å². The number of anilines is 1. The monoisotopic (exact) mass is 342 g/mol. The lowest BCUT2D eigenvalue weighted by Gasteiger charge is -2.37. The second-order valence-corrected chi connectivity index (χ2v) is 6.76. The molecule has 7 heteroatoms. The fraction of sp³-hybridized carbons (Fsp3) is 0.500. The third kappa shape index (κ3) is 2.89. The van der Waals surface area contributed by atoms with Gasteiger partial charge in [-0.1, -0.05) is 18.2 Å². The van der Waals surface area contributed by atoms with Gasteiger partial charge in [0.1, 0.15) is 11.8 Å². The van der Waals surface area contributed by atoms with E-state index < -0.39 is 11.9 Å². The molecule has 2 N–H and O–H groups in total. The molecular weight excluding hydrogens is 320 g/mol. The van der Waals surface area contributed by atoms with Crippen molar-refractivity contribution < 1.29 is 14.3 Å². The van der Waals surface area contributed by atoms with Crippen LogP contribution in [0.1, 0.15) is 25.7 Å². The summed E-state index contributed by atoms with van der Waals surface area (Å²) < 4.78 is 5.78. The lowest BCUT2D eigenvalue weighted by Crippen LogP contribution is -2.53. The summed E-state index contributed by atoms with van der Waals surface area (Å²) in [6.07, 6.45) is 3.42. The molecule has 2 heterocycles. The summed E-state index contributed by atoms with van der Waals surface area (Å²) >= 11 is 0. The summed E-state index contributed by atoms with van der Waals surface area (Å²) in [4.78, 5) is 26.8. The first-order valence-electron chi connectivity index (χ1n) is 8.79. The number of hydrogen-bond donors (Lipinski definition) is 1. The minimum atomic E-state index is -0.623. The van der Waals surface area contributed by atoms with E-state index in [1.54, 1.807) is 5.01 Å². The van der Waals surface area contributed by atoms with Gasteiger partial charge < -0.3 is 15.4 Å². The summed E-state index contributed by atoms with van der Waals surface area (Å²) in [5, 5.41) is 6.04. The Morgan fingerprint density at radius 3 is 2.76 bits per heavy atom. The molecule has 1 aromatic rings. The number of morpholine rings is 1. The predicted octanol–water partition coefficient (Wildman–Crippen LogP) is 0.887. The van der Waals surface area contributed by atoms with Crippen LogP contribution in [0.3, 0.4) is 0 Å². The third-order valence-electron chi connectivity index (χ3n) is 5.25. The minimum Gasteiger partial charge on any atom is -0.374 e. The number of carbonyl (C=O) groups excluding carboxylic acids is 2. The molecule has 0 unspecified atom stereocenters. The molecule has 1 saturated carbocycles. The molecule has 4 rings (SSSR count). The highest BCUT2D eigenvalue weighted by atomic mass is 16.5. The highest BCUT2D eigenvalue weighted by Gasteiger charge is 2.42. The maximum Gasteiger partial charge on any atom is 0.270 e. The summed E-state index contributed by atoms with van der Waals surface area (Å²) in [6, 6.07) is 8.84. The van der Waals surface area contributed by atoms with Crippen molar-refractivity contribution in [1.29, 1.82) is 0 Å². The van der Waals surface area contributed by atoms with Crippen molar-refractivity contribution in [2.75, 3.05) is 18.2 Å². The summed E-state index contributed by atoms with van der Waals surface area (Å²) in [5.41, 5.74) is 6.72. The first-order chi connectivity index (χ1) is 12.1. The molecule has 3 aliphatic rings. The molecule has 1 aliphatic carbocycles. The van der Waals surface area contributed by atoms with Crippen LogP contribution in [0.15, 0.2) is 35.4 Å². The van der Waals surface area contributed by atoms with Crippen LogP contribution in [-0.2, 0) is 14.3 Å². The molecule has 25 heavy (non-hydrogen) atoms. The molecule has 132 valence electrons. The van der Waals surface area contributed by atoms with Crippen LogP contribution in [0.4, 0.5) is 5.69 Å². The molecule has 1 saturated heterocycles. The third-order valence-corrected chi connectivity index (χ3v) is 5.25. The van der Waals surface area contributed by atoms with Crippen LogP contribution in [0.5, 0.6) is 0 Å². The van der Waals surface area contributed by atoms with Gasteiger partial charge in [-0.3, -0.25) is 14.6 Å². The smallest absolute Gasteiger partial charge is 0.270 e. The van der Waals surface area contributed by atoms with Gasteiger partial charge in [-0.15, -0.1) is 0 Å². The van der Waals surface area contributed by atoms with Crippen molar-refractivity contribution in [1.82, 2.24) is 4.90 Å². The van der Waals surface area contributed by atoms with E-state index in [-0.39, 0.29) is 24.5 Å². The highest BCUT2D eigenvalue weighted by molar-refractivity contribution is 6.40. The lowest BCUT2D eigenvalue weighted by atomic mass is 10.1. The normalized spacial score (nSPS) is 28.6. The molecular formula is C18H22N4O3. The van der Waals surface area contributed by atoms with Gasteiger partial charge in [0, 0.05) is 13.0 Å². The van der Waals surface area contributed by atoms with E-state index in [2.05, 4.69) is 5.10 Å². The molecule has 7 nitrogen and oxygen atoms in total. The van der Waals surface area contributed by atoms with Crippen LogP contribution in [0.25, 0.3) is 0 Å². The fourth-order valence-electron chi connectivity index (χ4n) is 4.02. The van der Waals surface area contributed by atoms with Crippen molar-refractivity contribution in [3.8, 4) is 0 Å². The molecule has 2 aliphatic heterocycles. The average Bonchev–Trinajstić information content (AvgIpc) is 3.28. The maximum absolute atomic E-state index is 13.0. The Kier molecular flexibility index (Phi) is 4.17. The average molecular weight is 342 g/mol. The van der Waals surface area contributed by atoms with E-state index in [1.165, 1.54) is 0 Å². The van der Waals surface area contributed by atoms with Crippen LogP contribution in [0.2, 0.25) is 0 Å². The Labute approximate surface area is 146 Å². The molecule has 3 atom stereocenters. The van der Waals surface area contributed by atoms with Crippen LogP contribution < -0.4 is 10.7 Å². The Hall–Kier alpha value is -2.41. The van der Waals surface area contributed by atoms with Crippen LogP contribution >= 0.6 is 0 Å². The van der Waals surface area contributed by atoms with Gasteiger partial charge in [0.2, 0.25) is 5.91 Å². The molecule has 2 amide bonds. The Balaban J connectivity index is 1.59. The van der Waals surface area contributed by atoms with E-state index in [0.29, 0.717) is 18.9 Å². The number of benzene rings is 1. The van der Waals surface area contributed by atoms with Crippen molar-refractivity contribution in [2.45, 2.75) is 43.9 Å². The quantitative estimate of drug-likeness (QED) is 0.883. The van der Waals surface area contributed by atoms with Crippen molar-refractivity contribution in [3.63, 3.8) is 0 Å². The fourth-order valence-corrected chi connectivity index (χ4v) is 4.02. The summed E-state index contributed by atoms with van der Waals surface area (Å²) in [7, 11) is 0. The van der Waals surface area contributed by atoms with E-state index in [9.17, 15) is 9.59 Å². The standard InChI is InChI=1S/C18H22N4O3/c19-17(23)15-11-13(20-22(15)12-5-2-1-3-6-12)18(24)21-9-10-25-16-8-4-7-14(16)21/h1-3,5-6,14-16H,4,7-11H2,(H2,19,23)/t14-,15+,16+/m1/s1. The van der Waals surface area contributed by atoms with Crippen LogP contribution in [0, 0.1) is 0 Å². The zero-order valence-electron chi connectivity index (χ0n) is 14.0. The number of para-hydroxylation sites is 1. The maximum atomic E-state index is 13.0. The minimum absolute atomic E-state index is 0.0927. The number of hydrazone groups is 1. The number of nitrogens with two attached hydrogens (primary N) is 1. The van der Waals surface area contributed by atoms with E-state index >= 15 is 0 Å². The van der Waals surface area contributed by atoms with Crippen molar-refractivity contribution in [2.24, 2.45) is 10.8 Å². The highest BCUT2D eigenvalue weighted by Crippen LogP contribution is 2.31. The van der Waals surface area contributed by atoms with Gasteiger partial charge in [0.25, 0.3) is 5.91 Å². The second kappa shape index (κ2) is 6.48. The SMILES string of the molecule is NC(=O)[C@@H]1CC(C(=O)N2CCO[C@H]3CCC[C@H]32)=NN1c1ccccc1. The number of rotatable bonds is 3. The van der Waals surface area contributed by atoms with Gasteiger partial charge in [-0.2, -0.15) is 5.10 Å². The first-order valence-corrected chi connectivity index (χ1v) is 8.79. The number of primary amides is 1. The lowest BCUT2D eigenvalue weighted by molar-refractivity contribution is -0.136. The van der Waals surface area contributed by atoms with Gasteiger partial charge in [0.15, 0.2) is 0 Å². The molecule has 0 bridgehead atoms. The number of fused-ring (bicyclic) bond motifs is 1. The number of ether oxygens (including phenoxy) is 1. The topological polar surface area (TPSA) is 88.2 Å². The first kappa shape index (κ1) is 16.1. The summed E-state index contributed by atoms with van der Waals surface area (Å²) in [5.74, 6) is -0.569. The van der Waals surface area contributed by atoms with Gasteiger partial charge in [0.05, 0.1) is 24.4 Å². The zero-order chi connectivity index (χ0) is 17.4. The molecule has 1 aromatic carbocycles. The zero-order valence-corrected chi connectivity index (χ0v) is 14.0. The number of carbonyl (C=O) groups is 2. The molecule has 0 radical (unpaired) electrons. The number of hydrogen-bond acceptors (Lipinski definition) is 5. The Morgan fingerprint density at radius 2 is 2.00 bits per heavy atom. The van der Waals surface area contributed by atoms with Crippen molar-refractivity contribution >= 4 is 23.2 Å². The van der Waals surface area contributed by atoms with Gasteiger partial charge in [-0.25, -0.2) is 0 Å². The van der Waals surface area contributed by atoms with E-state index in [1.807, 2.05) is 35.2 Å². The van der Waals surface area contributed by atoms with E-state index in [0.717, 1.165) is 24.9 Å². The van der Waals surface area contributed by atoms with Gasteiger partial charge >= 0.3 is 0 Å². The molecule has 0 spiro atoms. The number of amides is 2. The summed E-state index contributed by atoms with van der Waals surface area (Å²) in [6.45, 7) is 1.13. The molecule has 0 aromatic heterocycles. The number of nitrogens with zero attached hydrogens (tertiary/aromatic N) is 3. The second-order valence-electron chi connectivity index (χ2n) is 6.76.